The summed E-state index contributed by atoms with van der Waals surface area (Å²) in [5.74, 6) is -1.95. The van der Waals surface area contributed by atoms with Crippen molar-refractivity contribution >= 4 is 21.9 Å². The summed E-state index contributed by atoms with van der Waals surface area (Å²) < 4.78 is 35.3. The second kappa shape index (κ2) is 7.34. The fraction of sp³-hybridized carbons (Fsp3) is 0.650. The number of rotatable bonds is 4. The second-order valence-corrected chi connectivity index (χ2v) is 9.03. The van der Waals surface area contributed by atoms with Gasteiger partial charge in [-0.1, -0.05) is 46.3 Å². The minimum Gasteiger partial charge on any atom is -0.455 e. The smallest absolute Gasteiger partial charge is 0.324 e. The molecule has 1 aromatic carbocycles. The van der Waals surface area contributed by atoms with Crippen molar-refractivity contribution < 1.29 is 33.2 Å². The van der Waals surface area contributed by atoms with Gasteiger partial charge >= 0.3 is 5.97 Å². The normalized spacial score (nSPS) is 36.8. The van der Waals surface area contributed by atoms with Crippen LogP contribution in [0.1, 0.15) is 38.1 Å². The molecule has 0 aliphatic carbocycles. The highest BCUT2D eigenvalue weighted by atomic mass is 79.9. The first-order chi connectivity index (χ1) is 13.2. The maximum Gasteiger partial charge on any atom is 0.324 e. The summed E-state index contributed by atoms with van der Waals surface area (Å²) in [6.45, 7) is 7.62. The zero-order valence-corrected chi connectivity index (χ0v) is 17.9. The summed E-state index contributed by atoms with van der Waals surface area (Å²) in [7, 11) is 0. The van der Waals surface area contributed by atoms with Gasteiger partial charge in [-0.25, -0.2) is 0 Å². The van der Waals surface area contributed by atoms with Crippen LogP contribution in [0.3, 0.4) is 0 Å². The fourth-order valence-corrected chi connectivity index (χ4v) is 4.18. The van der Waals surface area contributed by atoms with Crippen molar-refractivity contribution in [2.24, 2.45) is 0 Å². The minimum absolute atomic E-state index is 0.338. The first-order valence-electron chi connectivity index (χ1n) is 9.38. The van der Waals surface area contributed by atoms with E-state index >= 15 is 0 Å². The van der Waals surface area contributed by atoms with Crippen LogP contribution in [0, 0.1) is 0 Å². The molecule has 0 amide bonds. The van der Waals surface area contributed by atoms with E-state index in [-0.39, 0.29) is 6.10 Å². The molecule has 154 valence electrons. The Kier molecular flexibility index (Phi) is 5.31. The Hall–Kier alpha value is -1.03. The third-order valence-electron chi connectivity index (χ3n) is 4.98. The Labute approximate surface area is 172 Å². The average Bonchev–Trinajstić information content (AvgIpc) is 3.25. The first-order valence-corrected chi connectivity index (χ1v) is 10.3. The molecule has 0 saturated carbocycles. The molecule has 3 heterocycles. The Morgan fingerprint density at radius 1 is 1.07 bits per heavy atom. The summed E-state index contributed by atoms with van der Waals surface area (Å²) in [5.41, 5.74) is 0.810. The van der Waals surface area contributed by atoms with Gasteiger partial charge in [0.1, 0.15) is 17.0 Å². The molecule has 3 aliphatic heterocycles. The molecule has 1 unspecified atom stereocenters. The van der Waals surface area contributed by atoms with Crippen LogP contribution in [0.15, 0.2) is 30.3 Å². The van der Waals surface area contributed by atoms with Gasteiger partial charge in [0.15, 0.2) is 30.1 Å². The monoisotopic (exact) mass is 456 g/mol. The van der Waals surface area contributed by atoms with Crippen molar-refractivity contribution in [3.63, 3.8) is 0 Å². The third-order valence-corrected chi connectivity index (χ3v) is 5.88. The Morgan fingerprint density at radius 3 is 2.43 bits per heavy atom. The Balaban J connectivity index is 1.52. The van der Waals surface area contributed by atoms with Gasteiger partial charge in [0, 0.05) is 0 Å². The number of halogens is 1. The van der Waals surface area contributed by atoms with E-state index < -0.39 is 47.0 Å². The van der Waals surface area contributed by atoms with Gasteiger partial charge in [-0.3, -0.25) is 4.79 Å². The topological polar surface area (TPSA) is 72.5 Å². The molecule has 1 aromatic rings. The van der Waals surface area contributed by atoms with Crippen LogP contribution in [-0.4, -0.2) is 54.9 Å². The summed E-state index contributed by atoms with van der Waals surface area (Å²) in [6, 6.07) is 9.36. The number of carbonyl (C=O) groups is 1. The zero-order valence-electron chi connectivity index (χ0n) is 16.3. The van der Waals surface area contributed by atoms with Gasteiger partial charge in [-0.15, -0.1) is 0 Å². The van der Waals surface area contributed by atoms with Crippen LogP contribution >= 0.6 is 15.9 Å². The quantitative estimate of drug-likeness (QED) is 0.509. The van der Waals surface area contributed by atoms with E-state index in [4.69, 9.17) is 28.4 Å². The standard InChI is InChI=1S/C20H25BrO7/c1-19(2)23-10-12(26-19)14-15(16-18(25-14)28-20(3,4)27-16)24-17(22)13(21)11-8-6-5-7-9-11/h5-9,12-16,18H,10H2,1-4H3/t12-,13?,14-,15+,16-,18-/m1/s1. The summed E-state index contributed by atoms with van der Waals surface area (Å²) >= 11 is 3.43. The maximum atomic E-state index is 12.8. The van der Waals surface area contributed by atoms with E-state index in [1.165, 1.54) is 0 Å². The molecule has 0 spiro atoms. The average molecular weight is 457 g/mol. The predicted octanol–water partition coefficient (Wildman–Crippen LogP) is 3.06. The lowest BCUT2D eigenvalue weighted by molar-refractivity contribution is -0.235. The van der Waals surface area contributed by atoms with Crippen LogP contribution in [0.25, 0.3) is 0 Å². The lowest BCUT2D eigenvalue weighted by Crippen LogP contribution is -2.45. The molecule has 7 nitrogen and oxygen atoms in total. The lowest BCUT2D eigenvalue weighted by Gasteiger charge is -2.29. The highest BCUT2D eigenvalue weighted by Crippen LogP contribution is 2.42. The van der Waals surface area contributed by atoms with Crippen LogP contribution in [-0.2, 0) is 33.2 Å². The molecule has 0 radical (unpaired) electrons. The number of hydrogen-bond donors (Lipinski definition) is 0. The minimum atomic E-state index is -0.815. The van der Waals surface area contributed by atoms with Gasteiger partial charge in [-0.2, -0.15) is 0 Å². The van der Waals surface area contributed by atoms with E-state index in [1.807, 2.05) is 44.2 Å². The lowest BCUT2D eigenvalue weighted by atomic mass is 10.1. The SMILES string of the molecule is CC1(C)O[C@H]2O[C@H]([C@H]3COC(C)(C)O3)[C@H](OC(=O)C(Br)c3ccccc3)[C@H]2O1. The number of carbonyl (C=O) groups excluding carboxylic acids is 1. The molecule has 6 atom stereocenters. The van der Waals surface area contributed by atoms with E-state index in [2.05, 4.69) is 15.9 Å². The van der Waals surface area contributed by atoms with Crippen LogP contribution in [0.2, 0.25) is 0 Å². The van der Waals surface area contributed by atoms with Crippen molar-refractivity contribution in [2.75, 3.05) is 6.61 Å². The van der Waals surface area contributed by atoms with Crippen molar-refractivity contribution in [2.45, 2.75) is 74.8 Å². The van der Waals surface area contributed by atoms with E-state index in [0.717, 1.165) is 5.56 Å². The number of benzene rings is 1. The molecule has 3 saturated heterocycles. The number of ether oxygens (including phenoxy) is 6. The van der Waals surface area contributed by atoms with Crippen LogP contribution < -0.4 is 0 Å². The number of esters is 1. The fourth-order valence-electron chi connectivity index (χ4n) is 3.77. The molecule has 0 N–H and O–H groups in total. The van der Waals surface area contributed by atoms with Crippen molar-refractivity contribution in [3.05, 3.63) is 35.9 Å². The van der Waals surface area contributed by atoms with Crippen molar-refractivity contribution in [1.29, 1.82) is 0 Å². The Morgan fingerprint density at radius 2 is 1.79 bits per heavy atom. The van der Waals surface area contributed by atoms with Gasteiger partial charge < -0.3 is 28.4 Å². The highest BCUT2D eigenvalue weighted by Gasteiger charge is 2.60. The first kappa shape index (κ1) is 20.3. The molecule has 0 bridgehead atoms. The van der Waals surface area contributed by atoms with Gasteiger partial charge in [0.25, 0.3) is 0 Å². The second-order valence-electron chi connectivity index (χ2n) is 8.11. The molecule has 28 heavy (non-hydrogen) atoms. The van der Waals surface area contributed by atoms with E-state index in [9.17, 15) is 4.79 Å². The van der Waals surface area contributed by atoms with Gasteiger partial charge in [0.05, 0.1) is 6.61 Å². The van der Waals surface area contributed by atoms with Gasteiger partial charge in [0.2, 0.25) is 0 Å². The zero-order chi connectivity index (χ0) is 20.1. The number of fused-ring (bicyclic) bond motifs is 1. The largest absolute Gasteiger partial charge is 0.455 e. The maximum absolute atomic E-state index is 12.8. The van der Waals surface area contributed by atoms with Crippen molar-refractivity contribution in [1.82, 2.24) is 0 Å². The molecule has 4 rings (SSSR count). The number of hydrogen-bond acceptors (Lipinski definition) is 7. The molecular weight excluding hydrogens is 432 g/mol. The Bertz CT molecular complexity index is 723. The summed E-state index contributed by atoms with van der Waals surface area (Å²) in [6.07, 6.45) is -2.78. The molecule has 3 fully saturated rings. The van der Waals surface area contributed by atoms with Crippen LogP contribution in [0.5, 0.6) is 0 Å². The predicted molar refractivity (Wildman–Crippen MR) is 102 cm³/mol. The van der Waals surface area contributed by atoms with E-state index in [0.29, 0.717) is 6.61 Å². The van der Waals surface area contributed by atoms with Crippen molar-refractivity contribution in [3.8, 4) is 0 Å². The molecule has 3 aliphatic rings. The van der Waals surface area contributed by atoms with Crippen LogP contribution in [0.4, 0.5) is 0 Å². The van der Waals surface area contributed by atoms with E-state index in [1.54, 1.807) is 13.8 Å². The summed E-state index contributed by atoms with van der Waals surface area (Å²) in [5, 5.41) is 0. The highest BCUT2D eigenvalue weighted by molar-refractivity contribution is 9.09. The summed E-state index contributed by atoms with van der Waals surface area (Å²) in [4.78, 5) is 12.2. The molecule has 8 heteroatoms. The third kappa shape index (κ3) is 3.99. The molecule has 0 aromatic heterocycles. The van der Waals surface area contributed by atoms with Gasteiger partial charge in [-0.05, 0) is 33.3 Å². The number of alkyl halides is 1. The molecular formula is C20H25BrO7.